The molecule has 0 bridgehead atoms. The van der Waals surface area contributed by atoms with Crippen LogP contribution in [-0.4, -0.2) is 4.98 Å². The average Bonchev–Trinajstić information content (AvgIpc) is 2.64. The van der Waals surface area contributed by atoms with Crippen LogP contribution < -0.4 is 0 Å². The number of hydrogen-bond donors (Lipinski definition) is 0. The van der Waals surface area contributed by atoms with Gasteiger partial charge in [-0.3, -0.25) is 0 Å². The van der Waals surface area contributed by atoms with Gasteiger partial charge in [0.2, 0.25) is 0 Å². The Hall–Kier alpha value is -0.670. The molecule has 0 amide bonds. The summed E-state index contributed by atoms with van der Waals surface area (Å²) in [5.74, 6) is 0. The van der Waals surface area contributed by atoms with Crippen LogP contribution in [-0.2, 0) is 0 Å². The number of benzene rings is 1. The third-order valence-corrected chi connectivity index (χ3v) is 2.57. The molecule has 0 radical (unpaired) electrons. The van der Waals surface area contributed by atoms with E-state index < -0.39 is 18.1 Å². The van der Waals surface area contributed by atoms with Crippen LogP contribution in [0.1, 0.15) is 8.22 Å². The monoisotopic (exact) mass is 245 g/mol. The summed E-state index contributed by atoms with van der Waals surface area (Å²) in [5.41, 5.74) is 0.0326. The summed E-state index contributed by atoms with van der Waals surface area (Å²) in [6, 6.07) is -1.84. The minimum absolute atomic E-state index is 0.0326. The van der Waals surface area contributed by atoms with E-state index >= 15 is 0 Å². The van der Waals surface area contributed by atoms with Crippen molar-refractivity contribution < 1.29 is 8.22 Å². The first-order chi connectivity index (χ1) is 8.34. The highest BCUT2D eigenvalue weighted by molar-refractivity contribution is 9.10. The molecule has 0 aliphatic heterocycles. The molecule has 0 aliphatic rings. The second kappa shape index (κ2) is 3.37. The number of aromatic nitrogens is 1. The highest BCUT2D eigenvalue weighted by atomic mass is 79.9. The largest absolute Gasteiger partial charge is 0.229 e. The van der Waals surface area contributed by atoms with Crippen LogP contribution in [0.15, 0.2) is 40.2 Å². The van der Waals surface area contributed by atoms with Gasteiger partial charge in [0.1, 0.15) is 9.61 Å². The maximum Gasteiger partial charge on any atom is 0.124 e. The van der Waals surface area contributed by atoms with Gasteiger partial charge in [-0.25, -0.2) is 4.98 Å². The van der Waals surface area contributed by atoms with E-state index in [0.29, 0.717) is 4.60 Å². The zero-order chi connectivity index (χ0) is 13.6. The Morgan fingerprint density at radius 1 is 1.33 bits per heavy atom. The third kappa shape index (κ3) is 1.57. The lowest BCUT2D eigenvalue weighted by atomic mass is 10.2. The van der Waals surface area contributed by atoms with Crippen LogP contribution in [0.4, 0.5) is 0 Å². The molecule has 3 heteroatoms. The normalized spacial score (nSPS) is 17.1. The van der Waals surface area contributed by atoms with Crippen molar-refractivity contribution in [1.82, 2.24) is 4.98 Å². The van der Waals surface area contributed by atoms with E-state index in [1.165, 1.54) is 0 Å². The van der Waals surface area contributed by atoms with Crippen molar-refractivity contribution in [3.05, 3.63) is 40.2 Å². The van der Waals surface area contributed by atoms with Gasteiger partial charge in [0.15, 0.2) is 0 Å². The topological polar surface area (TPSA) is 12.9 Å². The lowest BCUT2D eigenvalue weighted by Gasteiger charge is -1.92. The third-order valence-electron chi connectivity index (χ3n) is 1.15. The van der Waals surface area contributed by atoms with E-state index in [-0.39, 0.29) is 28.0 Å². The summed E-state index contributed by atoms with van der Waals surface area (Å²) < 4.78 is 46.0. The van der Waals surface area contributed by atoms with Crippen LogP contribution in [0.5, 0.6) is 0 Å². The maximum absolute atomic E-state index is 7.77. The number of nitrogens with zero attached hydrogens (tertiary/aromatic N) is 1. The van der Waals surface area contributed by atoms with Gasteiger partial charge >= 0.3 is 0 Å². The van der Waals surface area contributed by atoms with Gasteiger partial charge in [-0.1, -0.05) is 30.2 Å². The van der Waals surface area contributed by atoms with Crippen molar-refractivity contribution in [2.45, 2.75) is 0 Å². The number of hydrogen-bond acceptors (Lipinski definition) is 2. The quantitative estimate of drug-likeness (QED) is 0.749. The van der Waals surface area contributed by atoms with Crippen LogP contribution in [0.25, 0.3) is 10.6 Å². The van der Waals surface area contributed by atoms with Crippen molar-refractivity contribution in [2.24, 2.45) is 0 Å². The first-order valence-corrected chi connectivity index (χ1v) is 4.65. The molecule has 0 atom stereocenters. The molecule has 0 spiro atoms. The SMILES string of the molecule is [2H]c1sc(-c2c([2H])c([2H])c([2H])c([2H])c2[2H])nc1Br. The molecule has 0 fully saturated rings. The first kappa shape index (κ1) is 3.60. The Kier molecular flexibility index (Phi) is 1.01. The van der Waals surface area contributed by atoms with E-state index in [9.17, 15) is 0 Å². The maximum atomic E-state index is 7.77. The average molecular weight is 246 g/mol. The predicted molar refractivity (Wildman–Crippen MR) is 55.3 cm³/mol. The van der Waals surface area contributed by atoms with Gasteiger partial charge < -0.3 is 0 Å². The van der Waals surface area contributed by atoms with Crippen molar-refractivity contribution in [3.63, 3.8) is 0 Å². The highest BCUT2D eigenvalue weighted by Gasteiger charge is 2.00. The van der Waals surface area contributed by atoms with Gasteiger partial charge in [0.05, 0.1) is 8.22 Å². The highest BCUT2D eigenvalue weighted by Crippen LogP contribution is 2.25. The van der Waals surface area contributed by atoms with Gasteiger partial charge in [-0.15, -0.1) is 11.3 Å². The lowest BCUT2D eigenvalue weighted by Crippen LogP contribution is -1.72. The van der Waals surface area contributed by atoms with Crippen molar-refractivity contribution in [1.29, 1.82) is 0 Å². The summed E-state index contributed by atoms with van der Waals surface area (Å²) >= 11 is 4.03. The Morgan fingerprint density at radius 3 is 2.67 bits per heavy atom. The molecule has 60 valence electrons. The van der Waals surface area contributed by atoms with E-state index in [1.54, 1.807) is 0 Å². The van der Waals surface area contributed by atoms with E-state index in [2.05, 4.69) is 20.9 Å². The molecular formula is C9H6BrNS. The molecule has 1 aromatic carbocycles. The molecule has 1 aromatic heterocycles. The van der Waals surface area contributed by atoms with Crippen LogP contribution in [0.3, 0.4) is 0 Å². The summed E-state index contributed by atoms with van der Waals surface area (Å²) in [4.78, 5) is 3.99. The summed E-state index contributed by atoms with van der Waals surface area (Å²) in [6.45, 7) is 0. The Bertz CT molecular complexity index is 592. The fourth-order valence-electron chi connectivity index (χ4n) is 0.689. The molecule has 0 saturated carbocycles. The second-order valence-electron chi connectivity index (χ2n) is 1.91. The summed E-state index contributed by atoms with van der Waals surface area (Å²) in [6.07, 6.45) is 0. The minimum atomic E-state index is -0.435. The molecule has 1 heterocycles. The van der Waals surface area contributed by atoms with E-state index in [1.807, 2.05) is 0 Å². The van der Waals surface area contributed by atoms with Gasteiger partial charge in [-0.05, 0) is 15.9 Å². The van der Waals surface area contributed by atoms with Crippen LogP contribution in [0, 0.1) is 0 Å². The minimum Gasteiger partial charge on any atom is -0.229 e. The molecule has 1 nitrogen and oxygen atoms in total. The number of thiazole rings is 1. The smallest absolute Gasteiger partial charge is 0.124 e. The molecule has 2 aromatic rings. The number of halogens is 1. The zero-order valence-electron chi connectivity index (χ0n) is 11.7. The van der Waals surface area contributed by atoms with Crippen LogP contribution in [0.2, 0.25) is 0 Å². The molecule has 12 heavy (non-hydrogen) atoms. The molecule has 2 rings (SSSR count). The Morgan fingerprint density at radius 2 is 2.08 bits per heavy atom. The zero-order valence-corrected chi connectivity index (χ0v) is 8.14. The fourth-order valence-corrected chi connectivity index (χ4v) is 1.79. The Labute approximate surface area is 91.6 Å². The molecule has 0 unspecified atom stereocenters. The number of rotatable bonds is 1. The van der Waals surface area contributed by atoms with Crippen LogP contribution >= 0.6 is 27.3 Å². The lowest BCUT2D eigenvalue weighted by molar-refractivity contribution is 1.36. The molecule has 0 N–H and O–H groups in total. The second-order valence-corrected chi connectivity index (χ2v) is 3.46. The molecule has 0 saturated heterocycles. The first-order valence-electron chi connectivity index (χ1n) is 6.04. The van der Waals surface area contributed by atoms with Crippen molar-refractivity contribution in [2.75, 3.05) is 0 Å². The van der Waals surface area contributed by atoms with Gasteiger partial charge in [0.25, 0.3) is 0 Å². The van der Waals surface area contributed by atoms with E-state index in [0.717, 1.165) is 11.3 Å². The fraction of sp³-hybridized carbons (Fsp3) is 0. The van der Waals surface area contributed by atoms with Crippen molar-refractivity contribution >= 4 is 27.3 Å². The predicted octanol–water partition coefficient (Wildman–Crippen LogP) is 3.57. The Balaban J connectivity index is 2.79. The molecule has 0 aliphatic carbocycles. The summed E-state index contributed by atoms with van der Waals surface area (Å²) in [7, 11) is 0. The van der Waals surface area contributed by atoms with E-state index in [4.69, 9.17) is 8.22 Å². The molecular weight excluding hydrogens is 234 g/mol. The van der Waals surface area contributed by atoms with Gasteiger partial charge in [0, 0.05) is 10.9 Å². The van der Waals surface area contributed by atoms with Crippen molar-refractivity contribution in [3.8, 4) is 10.6 Å². The summed E-state index contributed by atoms with van der Waals surface area (Å²) in [5, 5.41) is 0.390. The van der Waals surface area contributed by atoms with Gasteiger partial charge in [-0.2, -0.15) is 0 Å². The standard InChI is InChI=1S/C9H6BrNS/c10-8-6-12-9(11-8)7-4-2-1-3-5-7/h1-6H/i1D,2D,3D,4D,5D,6D.